The molecule has 3 rings (SSSR count). The Morgan fingerprint density at radius 3 is 2.74 bits per heavy atom. The molecule has 3 aromatic rings. The molecular formula is C18H19FN2OS. The van der Waals surface area contributed by atoms with E-state index in [4.69, 9.17) is 4.42 Å². The summed E-state index contributed by atoms with van der Waals surface area (Å²) in [6.45, 7) is 5.20. The van der Waals surface area contributed by atoms with Gasteiger partial charge in [-0.2, -0.15) is 0 Å². The molecule has 23 heavy (non-hydrogen) atoms. The summed E-state index contributed by atoms with van der Waals surface area (Å²) in [6, 6.07) is 10.4. The van der Waals surface area contributed by atoms with Crippen molar-refractivity contribution in [2.24, 2.45) is 10.9 Å². The molecule has 0 amide bonds. The van der Waals surface area contributed by atoms with Gasteiger partial charge in [0.15, 0.2) is 10.6 Å². The van der Waals surface area contributed by atoms with Crippen molar-refractivity contribution in [1.29, 1.82) is 0 Å². The minimum atomic E-state index is -0.309. The number of thiazole rings is 1. The van der Waals surface area contributed by atoms with Gasteiger partial charge in [0.2, 0.25) is 0 Å². The molecule has 120 valence electrons. The Hall–Kier alpha value is -2.14. The summed E-state index contributed by atoms with van der Waals surface area (Å²) in [6.07, 6.45) is 2.68. The summed E-state index contributed by atoms with van der Waals surface area (Å²) >= 11 is 1.50. The Labute approximate surface area is 138 Å². The van der Waals surface area contributed by atoms with E-state index < -0.39 is 0 Å². The fourth-order valence-electron chi connectivity index (χ4n) is 2.29. The molecule has 0 bridgehead atoms. The van der Waals surface area contributed by atoms with Crippen molar-refractivity contribution >= 4 is 17.0 Å². The van der Waals surface area contributed by atoms with Crippen LogP contribution < -0.4 is 4.80 Å². The molecule has 1 aromatic carbocycles. The summed E-state index contributed by atoms with van der Waals surface area (Å²) in [4.78, 5) is 5.29. The summed E-state index contributed by atoms with van der Waals surface area (Å²) in [5.74, 6) is 1.07. The standard InChI is InChI=1S/C18H19FN2OS/c1-13(2)9-10-21-16(17-8-5-11-22-17)12-23-18(21)20-15-7-4-3-6-14(15)19/h3-8,11-13H,9-10H2,1-2H3. The predicted octanol–water partition coefficient (Wildman–Crippen LogP) is 5.23. The van der Waals surface area contributed by atoms with Gasteiger partial charge in [-0.05, 0) is 36.6 Å². The lowest BCUT2D eigenvalue weighted by molar-refractivity contribution is 0.505. The molecule has 3 nitrogen and oxygen atoms in total. The molecule has 0 saturated carbocycles. The van der Waals surface area contributed by atoms with Crippen LogP contribution in [0.25, 0.3) is 11.5 Å². The number of furan rings is 1. The van der Waals surface area contributed by atoms with Crippen LogP contribution in [-0.2, 0) is 6.54 Å². The van der Waals surface area contributed by atoms with Crippen LogP contribution in [0, 0.1) is 11.7 Å². The van der Waals surface area contributed by atoms with Gasteiger partial charge >= 0.3 is 0 Å². The molecule has 0 radical (unpaired) electrons. The van der Waals surface area contributed by atoms with Crippen LogP contribution in [0.2, 0.25) is 0 Å². The number of hydrogen-bond donors (Lipinski definition) is 0. The van der Waals surface area contributed by atoms with E-state index in [9.17, 15) is 4.39 Å². The summed E-state index contributed by atoms with van der Waals surface area (Å²) in [7, 11) is 0. The van der Waals surface area contributed by atoms with Gasteiger partial charge in [0, 0.05) is 11.9 Å². The van der Waals surface area contributed by atoms with E-state index in [-0.39, 0.29) is 5.82 Å². The van der Waals surface area contributed by atoms with Crippen molar-refractivity contribution in [3.05, 3.63) is 58.7 Å². The van der Waals surface area contributed by atoms with Crippen molar-refractivity contribution in [2.45, 2.75) is 26.8 Å². The van der Waals surface area contributed by atoms with Crippen molar-refractivity contribution in [3.8, 4) is 11.5 Å². The first kappa shape index (κ1) is 15.7. The van der Waals surface area contributed by atoms with Crippen LogP contribution >= 0.6 is 11.3 Å². The Morgan fingerprint density at radius 1 is 1.22 bits per heavy atom. The van der Waals surface area contributed by atoms with E-state index in [0.29, 0.717) is 11.6 Å². The Morgan fingerprint density at radius 2 is 2.04 bits per heavy atom. The first-order valence-electron chi connectivity index (χ1n) is 7.66. The lowest BCUT2D eigenvalue weighted by atomic mass is 10.1. The first-order chi connectivity index (χ1) is 11.1. The minimum absolute atomic E-state index is 0.309. The quantitative estimate of drug-likeness (QED) is 0.630. The van der Waals surface area contributed by atoms with E-state index in [2.05, 4.69) is 23.4 Å². The molecule has 0 spiro atoms. The predicted molar refractivity (Wildman–Crippen MR) is 91.1 cm³/mol. The maximum atomic E-state index is 13.9. The molecule has 0 N–H and O–H groups in total. The van der Waals surface area contributed by atoms with Crippen LogP contribution in [-0.4, -0.2) is 4.57 Å². The summed E-state index contributed by atoms with van der Waals surface area (Å²) < 4.78 is 21.5. The van der Waals surface area contributed by atoms with Gasteiger partial charge in [-0.25, -0.2) is 9.38 Å². The number of halogens is 1. The number of aromatic nitrogens is 1. The van der Waals surface area contributed by atoms with Crippen molar-refractivity contribution in [3.63, 3.8) is 0 Å². The maximum Gasteiger partial charge on any atom is 0.190 e. The fraction of sp³-hybridized carbons (Fsp3) is 0.278. The number of nitrogens with zero attached hydrogens (tertiary/aromatic N) is 2. The third kappa shape index (κ3) is 3.62. The van der Waals surface area contributed by atoms with Crippen LogP contribution in [0.5, 0.6) is 0 Å². The first-order valence-corrected chi connectivity index (χ1v) is 8.54. The normalized spacial score (nSPS) is 12.3. The largest absolute Gasteiger partial charge is 0.463 e. The molecule has 0 saturated heterocycles. The van der Waals surface area contributed by atoms with Crippen LogP contribution in [0.4, 0.5) is 10.1 Å². The van der Waals surface area contributed by atoms with Crippen LogP contribution in [0.15, 0.2) is 57.5 Å². The summed E-state index contributed by atoms with van der Waals surface area (Å²) in [5, 5.41) is 2.01. The number of para-hydroxylation sites is 1. The second kappa shape index (κ2) is 6.96. The molecule has 0 unspecified atom stereocenters. The van der Waals surface area contributed by atoms with Crippen LogP contribution in [0.3, 0.4) is 0 Å². The molecule has 0 atom stereocenters. The zero-order chi connectivity index (χ0) is 16.2. The van der Waals surface area contributed by atoms with E-state index in [0.717, 1.165) is 29.2 Å². The molecule has 0 fully saturated rings. The molecular weight excluding hydrogens is 311 g/mol. The number of benzene rings is 1. The molecule has 5 heteroatoms. The lowest BCUT2D eigenvalue weighted by Gasteiger charge is -2.09. The number of hydrogen-bond acceptors (Lipinski definition) is 3. The molecule has 0 aliphatic heterocycles. The highest BCUT2D eigenvalue weighted by molar-refractivity contribution is 7.07. The average Bonchev–Trinajstić information content (AvgIpc) is 3.17. The van der Waals surface area contributed by atoms with Crippen molar-refractivity contribution in [1.82, 2.24) is 4.57 Å². The third-order valence-corrected chi connectivity index (χ3v) is 4.43. The zero-order valence-corrected chi connectivity index (χ0v) is 14.0. The fourth-order valence-corrected chi connectivity index (χ4v) is 3.22. The van der Waals surface area contributed by atoms with E-state index in [1.807, 2.05) is 17.5 Å². The zero-order valence-electron chi connectivity index (χ0n) is 13.2. The molecule has 0 aliphatic rings. The highest BCUT2D eigenvalue weighted by Gasteiger charge is 2.11. The van der Waals surface area contributed by atoms with Gasteiger partial charge in [0.25, 0.3) is 0 Å². The molecule has 2 heterocycles. The average molecular weight is 330 g/mol. The van der Waals surface area contributed by atoms with E-state index in [1.165, 1.54) is 17.4 Å². The Bertz CT molecular complexity index is 831. The van der Waals surface area contributed by atoms with Crippen molar-refractivity contribution < 1.29 is 8.81 Å². The lowest BCUT2D eigenvalue weighted by Crippen LogP contribution is -2.17. The SMILES string of the molecule is CC(C)CCn1c(-c2ccco2)csc1=Nc1ccccc1F. The number of rotatable bonds is 5. The highest BCUT2D eigenvalue weighted by atomic mass is 32.1. The highest BCUT2D eigenvalue weighted by Crippen LogP contribution is 2.22. The van der Waals surface area contributed by atoms with E-state index >= 15 is 0 Å². The van der Waals surface area contributed by atoms with Gasteiger partial charge in [-0.15, -0.1) is 11.3 Å². The molecule has 0 aliphatic carbocycles. The smallest absolute Gasteiger partial charge is 0.190 e. The minimum Gasteiger partial charge on any atom is -0.463 e. The second-order valence-electron chi connectivity index (χ2n) is 5.78. The van der Waals surface area contributed by atoms with Gasteiger partial charge in [-0.3, -0.25) is 0 Å². The Balaban J connectivity index is 2.08. The topological polar surface area (TPSA) is 30.4 Å². The van der Waals surface area contributed by atoms with Crippen molar-refractivity contribution in [2.75, 3.05) is 0 Å². The van der Waals surface area contributed by atoms with Crippen LogP contribution in [0.1, 0.15) is 20.3 Å². The van der Waals surface area contributed by atoms with Gasteiger partial charge in [0.05, 0.1) is 12.0 Å². The van der Waals surface area contributed by atoms with Gasteiger partial charge < -0.3 is 8.98 Å². The summed E-state index contributed by atoms with van der Waals surface area (Å²) in [5.41, 5.74) is 1.34. The molecule has 2 aromatic heterocycles. The van der Waals surface area contributed by atoms with Gasteiger partial charge in [-0.1, -0.05) is 26.0 Å². The second-order valence-corrected chi connectivity index (χ2v) is 6.61. The Kier molecular flexibility index (Phi) is 4.76. The third-order valence-electron chi connectivity index (χ3n) is 3.57. The van der Waals surface area contributed by atoms with Gasteiger partial charge in [0.1, 0.15) is 11.5 Å². The van der Waals surface area contributed by atoms with E-state index in [1.54, 1.807) is 24.5 Å². The monoisotopic (exact) mass is 330 g/mol. The maximum absolute atomic E-state index is 13.9.